The van der Waals surface area contributed by atoms with Gasteiger partial charge in [-0.05, 0) is 6.92 Å². The first kappa shape index (κ1) is 12.9. The largest absolute Gasteiger partial charge is 0.372 e. The molecule has 17 heavy (non-hydrogen) atoms. The Kier molecular flexibility index (Phi) is 4.88. The van der Waals surface area contributed by atoms with Crippen LogP contribution >= 0.6 is 0 Å². The topological polar surface area (TPSA) is 81.9 Å². The fourth-order valence-corrected chi connectivity index (χ4v) is 1.32. The van der Waals surface area contributed by atoms with Crippen molar-refractivity contribution in [1.82, 2.24) is 14.9 Å². The van der Waals surface area contributed by atoms with Gasteiger partial charge in [-0.1, -0.05) is 0 Å². The van der Waals surface area contributed by atoms with Gasteiger partial charge in [0.15, 0.2) is 0 Å². The van der Waals surface area contributed by atoms with E-state index in [1.165, 1.54) is 12.4 Å². The van der Waals surface area contributed by atoms with E-state index < -0.39 is 0 Å². The van der Waals surface area contributed by atoms with Gasteiger partial charge in [0.1, 0.15) is 11.5 Å². The molecule has 0 radical (unpaired) electrons. The molecule has 0 fully saturated rings. The molecule has 0 unspecified atom stereocenters. The summed E-state index contributed by atoms with van der Waals surface area (Å²) in [6.07, 6.45) is 3.26. The number of carbonyl (C=O) groups is 1. The number of carbonyl (C=O) groups excluding carboxylic acids is 1. The second kappa shape index (κ2) is 6.43. The lowest BCUT2D eigenvalue weighted by atomic mass is 10.3. The van der Waals surface area contributed by atoms with Gasteiger partial charge in [0.25, 0.3) is 5.91 Å². The van der Waals surface area contributed by atoms with Gasteiger partial charge in [0.05, 0.1) is 24.9 Å². The Morgan fingerprint density at radius 3 is 2.76 bits per heavy atom. The lowest BCUT2D eigenvalue weighted by molar-refractivity contribution is 0.0761. The van der Waals surface area contributed by atoms with Gasteiger partial charge in [-0.15, -0.1) is 0 Å². The molecule has 0 saturated heterocycles. The summed E-state index contributed by atoms with van der Waals surface area (Å²) in [7, 11) is 1.73. The standard InChI is InChI=1S/C11H15N5O/c1-3-16(6-4-5-12)11(17)9-7-15-10(13-2)8-14-9/h7-8H,3-4,6H2,1-2H3,(H,13,15). The third-order valence-corrected chi connectivity index (χ3v) is 2.29. The summed E-state index contributed by atoms with van der Waals surface area (Å²) in [6, 6.07) is 2.02. The number of hydrogen-bond acceptors (Lipinski definition) is 5. The van der Waals surface area contributed by atoms with Crippen molar-refractivity contribution in [1.29, 1.82) is 5.26 Å². The highest BCUT2D eigenvalue weighted by Crippen LogP contribution is 2.04. The van der Waals surface area contributed by atoms with Crippen molar-refractivity contribution in [3.05, 3.63) is 18.1 Å². The monoisotopic (exact) mass is 233 g/mol. The Balaban J connectivity index is 2.75. The van der Waals surface area contributed by atoms with Crippen molar-refractivity contribution in [2.24, 2.45) is 0 Å². The van der Waals surface area contributed by atoms with Crippen molar-refractivity contribution < 1.29 is 4.79 Å². The van der Waals surface area contributed by atoms with Crippen LogP contribution < -0.4 is 5.32 Å². The maximum absolute atomic E-state index is 12.0. The van der Waals surface area contributed by atoms with Gasteiger partial charge >= 0.3 is 0 Å². The maximum atomic E-state index is 12.0. The minimum Gasteiger partial charge on any atom is -0.372 e. The molecule has 0 aliphatic carbocycles. The first-order valence-corrected chi connectivity index (χ1v) is 5.39. The lowest BCUT2D eigenvalue weighted by Crippen LogP contribution is -2.32. The summed E-state index contributed by atoms with van der Waals surface area (Å²) in [5.74, 6) is 0.416. The minimum absolute atomic E-state index is 0.196. The smallest absolute Gasteiger partial charge is 0.274 e. The van der Waals surface area contributed by atoms with Crippen LogP contribution in [0.3, 0.4) is 0 Å². The SMILES string of the molecule is CCN(CCC#N)C(=O)c1cnc(NC)cn1. The first-order chi connectivity index (χ1) is 8.22. The Bertz CT molecular complexity index is 409. The van der Waals surface area contributed by atoms with Crippen LogP contribution in [-0.4, -0.2) is 40.9 Å². The highest BCUT2D eigenvalue weighted by Gasteiger charge is 2.15. The predicted octanol–water partition coefficient (Wildman–Crippen LogP) is 0.894. The Labute approximate surface area is 100 Å². The molecule has 1 amide bonds. The molecule has 1 heterocycles. The molecule has 0 spiro atoms. The minimum atomic E-state index is -0.196. The molecule has 0 saturated carbocycles. The predicted molar refractivity (Wildman–Crippen MR) is 63.4 cm³/mol. The van der Waals surface area contributed by atoms with Gasteiger partial charge in [0, 0.05) is 20.1 Å². The highest BCUT2D eigenvalue weighted by molar-refractivity contribution is 5.92. The van der Waals surface area contributed by atoms with E-state index in [9.17, 15) is 4.79 Å². The summed E-state index contributed by atoms with van der Waals surface area (Å²) in [5.41, 5.74) is 0.295. The summed E-state index contributed by atoms with van der Waals surface area (Å²) in [5, 5.41) is 11.3. The van der Waals surface area contributed by atoms with Crippen LogP contribution in [-0.2, 0) is 0 Å². The average molecular weight is 233 g/mol. The van der Waals surface area contributed by atoms with E-state index in [0.717, 1.165) is 0 Å². The van der Waals surface area contributed by atoms with Crippen molar-refractivity contribution >= 4 is 11.7 Å². The molecular weight excluding hydrogens is 218 g/mol. The number of nitrogens with one attached hydrogen (secondary N) is 1. The number of nitriles is 1. The zero-order valence-electron chi connectivity index (χ0n) is 9.97. The Morgan fingerprint density at radius 1 is 1.53 bits per heavy atom. The lowest BCUT2D eigenvalue weighted by Gasteiger charge is -2.18. The van der Waals surface area contributed by atoms with E-state index in [1.807, 2.05) is 13.0 Å². The van der Waals surface area contributed by atoms with Gasteiger partial charge < -0.3 is 10.2 Å². The van der Waals surface area contributed by atoms with Gasteiger partial charge in [-0.25, -0.2) is 9.97 Å². The van der Waals surface area contributed by atoms with E-state index in [1.54, 1.807) is 11.9 Å². The normalized spacial score (nSPS) is 9.47. The van der Waals surface area contributed by atoms with Gasteiger partial charge in [-0.2, -0.15) is 5.26 Å². The van der Waals surface area contributed by atoms with Crippen LogP contribution in [0.15, 0.2) is 12.4 Å². The number of anilines is 1. The number of hydrogen-bond donors (Lipinski definition) is 1. The second-order valence-electron chi connectivity index (χ2n) is 3.33. The molecule has 1 aromatic rings. The number of rotatable bonds is 5. The van der Waals surface area contributed by atoms with Crippen LogP contribution in [0.2, 0.25) is 0 Å². The highest BCUT2D eigenvalue weighted by atomic mass is 16.2. The molecule has 1 rings (SSSR count). The number of amides is 1. The molecule has 90 valence electrons. The summed E-state index contributed by atoms with van der Waals surface area (Å²) in [6.45, 7) is 2.84. The number of nitrogens with zero attached hydrogens (tertiary/aromatic N) is 4. The molecule has 6 nitrogen and oxygen atoms in total. The fraction of sp³-hybridized carbons (Fsp3) is 0.455. The van der Waals surface area contributed by atoms with Gasteiger partial charge in [0.2, 0.25) is 0 Å². The Hall–Kier alpha value is -2.16. The molecule has 1 N–H and O–H groups in total. The second-order valence-corrected chi connectivity index (χ2v) is 3.33. The van der Waals surface area contributed by atoms with Crippen LogP contribution in [0.5, 0.6) is 0 Å². The average Bonchev–Trinajstić information content (AvgIpc) is 2.39. The van der Waals surface area contributed by atoms with Crippen molar-refractivity contribution in [2.75, 3.05) is 25.5 Å². The molecular formula is C11H15N5O. The fourth-order valence-electron chi connectivity index (χ4n) is 1.32. The van der Waals surface area contributed by atoms with Crippen LogP contribution in [0, 0.1) is 11.3 Å². The van der Waals surface area contributed by atoms with Crippen molar-refractivity contribution in [3.63, 3.8) is 0 Å². The molecule has 0 atom stereocenters. The van der Waals surface area contributed by atoms with E-state index in [4.69, 9.17) is 5.26 Å². The number of aromatic nitrogens is 2. The van der Waals surface area contributed by atoms with Crippen molar-refractivity contribution in [2.45, 2.75) is 13.3 Å². The molecule has 0 aromatic carbocycles. The summed E-state index contributed by atoms with van der Waals surface area (Å²) < 4.78 is 0. The zero-order chi connectivity index (χ0) is 12.7. The first-order valence-electron chi connectivity index (χ1n) is 5.39. The summed E-state index contributed by atoms with van der Waals surface area (Å²) in [4.78, 5) is 21.6. The third kappa shape index (κ3) is 3.41. The Morgan fingerprint density at radius 2 is 2.29 bits per heavy atom. The summed E-state index contributed by atoms with van der Waals surface area (Å²) >= 11 is 0. The molecule has 0 aliphatic rings. The van der Waals surface area contributed by atoms with Crippen LogP contribution in [0.25, 0.3) is 0 Å². The molecule has 0 aliphatic heterocycles. The third-order valence-electron chi connectivity index (χ3n) is 2.29. The molecule has 0 bridgehead atoms. The van der Waals surface area contributed by atoms with E-state index in [2.05, 4.69) is 15.3 Å². The molecule has 6 heteroatoms. The zero-order valence-corrected chi connectivity index (χ0v) is 9.97. The van der Waals surface area contributed by atoms with E-state index in [0.29, 0.717) is 31.0 Å². The quantitative estimate of drug-likeness (QED) is 0.816. The maximum Gasteiger partial charge on any atom is 0.274 e. The van der Waals surface area contributed by atoms with E-state index >= 15 is 0 Å². The van der Waals surface area contributed by atoms with Crippen molar-refractivity contribution in [3.8, 4) is 6.07 Å². The van der Waals surface area contributed by atoms with Crippen LogP contribution in [0.4, 0.5) is 5.82 Å². The van der Waals surface area contributed by atoms with Gasteiger partial charge in [-0.3, -0.25) is 4.79 Å². The molecule has 1 aromatic heterocycles. The van der Waals surface area contributed by atoms with Crippen LogP contribution in [0.1, 0.15) is 23.8 Å². The van der Waals surface area contributed by atoms with E-state index in [-0.39, 0.29) is 5.91 Å².